The average Bonchev–Trinajstić information content (AvgIpc) is 2.42. The normalized spacial score (nSPS) is 22.9. The van der Waals surface area contributed by atoms with E-state index < -0.39 is 11.6 Å². The van der Waals surface area contributed by atoms with E-state index in [0.717, 1.165) is 31.0 Å². The Kier molecular flexibility index (Phi) is 4.70. The molecule has 1 aromatic rings. The van der Waals surface area contributed by atoms with Gasteiger partial charge in [0, 0.05) is 24.7 Å². The van der Waals surface area contributed by atoms with Gasteiger partial charge in [-0.25, -0.2) is 8.78 Å². The van der Waals surface area contributed by atoms with Crippen molar-refractivity contribution in [2.75, 3.05) is 13.1 Å². The molecule has 2 rings (SSSR count). The summed E-state index contributed by atoms with van der Waals surface area (Å²) in [4.78, 5) is 14.0. The zero-order valence-electron chi connectivity index (χ0n) is 11.6. The van der Waals surface area contributed by atoms with Crippen LogP contribution in [0.25, 0.3) is 0 Å². The van der Waals surface area contributed by atoms with Crippen LogP contribution in [0.3, 0.4) is 0 Å². The maximum absolute atomic E-state index is 13.6. The monoisotopic (exact) mass is 282 g/mol. The van der Waals surface area contributed by atoms with Crippen molar-refractivity contribution in [3.8, 4) is 0 Å². The largest absolute Gasteiger partial charge is 0.338 e. The summed E-state index contributed by atoms with van der Waals surface area (Å²) in [6.45, 7) is 3.11. The molecule has 20 heavy (non-hydrogen) atoms. The van der Waals surface area contributed by atoms with Gasteiger partial charge in [-0.15, -0.1) is 0 Å². The molecule has 1 aliphatic rings. The first-order valence-electron chi connectivity index (χ1n) is 6.96. The van der Waals surface area contributed by atoms with E-state index in [-0.39, 0.29) is 23.9 Å². The maximum atomic E-state index is 13.6. The summed E-state index contributed by atoms with van der Waals surface area (Å²) >= 11 is 0. The minimum absolute atomic E-state index is 0.00660. The van der Waals surface area contributed by atoms with Crippen molar-refractivity contribution in [2.45, 2.75) is 32.2 Å². The molecule has 1 aromatic carbocycles. The third-order valence-electron chi connectivity index (χ3n) is 4.03. The number of nitrogens with zero attached hydrogens (tertiary/aromatic N) is 1. The minimum atomic E-state index is -0.547. The molecule has 0 aromatic heterocycles. The first-order valence-corrected chi connectivity index (χ1v) is 6.96. The highest BCUT2D eigenvalue weighted by molar-refractivity contribution is 5.79. The van der Waals surface area contributed by atoms with E-state index in [4.69, 9.17) is 5.73 Å². The van der Waals surface area contributed by atoms with E-state index in [1.165, 1.54) is 0 Å². The van der Waals surface area contributed by atoms with Gasteiger partial charge in [-0.1, -0.05) is 6.92 Å². The molecule has 0 spiro atoms. The van der Waals surface area contributed by atoms with Crippen LogP contribution in [0.1, 0.15) is 25.3 Å². The van der Waals surface area contributed by atoms with E-state index in [1.54, 1.807) is 4.90 Å². The molecule has 0 bridgehead atoms. The third kappa shape index (κ3) is 3.15. The number of hydrogen-bond donors (Lipinski definition) is 1. The van der Waals surface area contributed by atoms with E-state index >= 15 is 0 Å². The first kappa shape index (κ1) is 14.9. The van der Waals surface area contributed by atoms with Crippen molar-refractivity contribution >= 4 is 5.91 Å². The molecule has 3 nitrogen and oxygen atoms in total. The number of carbonyl (C=O) groups excluding carboxylic acids is 1. The Labute approximate surface area is 117 Å². The average molecular weight is 282 g/mol. The molecule has 2 atom stereocenters. The number of hydrogen-bond acceptors (Lipinski definition) is 2. The molecule has 0 saturated carbocycles. The lowest BCUT2D eigenvalue weighted by atomic mass is 9.90. The van der Waals surface area contributed by atoms with Gasteiger partial charge in [0.1, 0.15) is 11.6 Å². The molecule has 1 aliphatic heterocycles. The summed E-state index contributed by atoms with van der Waals surface area (Å²) in [6.07, 6.45) is 1.85. The van der Waals surface area contributed by atoms with Crippen LogP contribution < -0.4 is 5.73 Å². The SMILES string of the molecule is C[C@@H]1CCCN(C(=O)Cc2cc(F)ccc2F)[C@H]1CN. The number of likely N-dealkylation sites (tertiary alicyclic amines) is 1. The van der Waals surface area contributed by atoms with Crippen LogP contribution in [0.15, 0.2) is 18.2 Å². The lowest BCUT2D eigenvalue weighted by Crippen LogP contribution is -2.51. The van der Waals surface area contributed by atoms with Crippen molar-refractivity contribution in [1.29, 1.82) is 0 Å². The van der Waals surface area contributed by atoms with Gasteiger partial charge in [0.05, 0.1) is 6.42 Å². The fourth-order valence-electron chi connectivity index (χ4n) is 2.86. The van der Waals surface area contributed by atoms with Gasteiger partial charge >= 0.3 is 0 Å². The number of nitrogens with two attached hydrogens (primary N) is 1. The van der Waals surface area contributed by atoms with Gasteiger partial charge in [-0.2, -0.15) is 0 Å². The number of halogens is 2. The minimum Gasteiger partial charge on any atom is -0.338 e. The Morgan fingerprint density at radius 3 is 2.90 bits per heavy atom. The second-order valence-electron chi connectivity index (χ2n) is 5.42. The Hall–Kier alpha value is -1.49. The van der Waals surface area contributed by atoms with Crippen LogP contribution in [0.4, 0.5) is 8.78 Å². The van der Waals surface area contributed by atoms with Crippen LogP contribution in [0, 0.1) is 17.6 Å². The highest BCUT2D eigenvalue weighted by Gasteiger charge is 2.30. The lowest BCUT2D eigenvalue weighted by molar-refractivity contribution is -0.135. The van der Waals surface area contributed by atoms with Gasteiger partial charge in [0.25, 0.3) is 0 Å². The van der Waals surface area contributed by atoms with Gasteiger partial charge < -0.3 is 10.6 Å². The molecule has 1 fully saturated rings. The van der Waals surface area contributed by atoms with Crippen molar-refractivity contribution in [3.63, 3.8) is 0 Å². The molecule has 1 saturated heterocycles. The van der Waals surface area contributed by atoms with Crippen LogP contribution in [0.5, 0.6) is 0 Å². The number of rotatable bonds is 3. The topological polar surface area (TPSA) is 46.3 Å². The zero-order chi connectivity index (χ0) is 14.7. The Bertz CT molecular complexity index is 493. The Morgan fingerprint density at radius 1 is 1.45 bits per heavy atom. The lowest BCUT2D eigenvalue weighted by Gasteiger charge is -2.39. The van der Waals surface area contributed by atoms with Crippen LogP contribution >= 0.6 is 0 Å². The molecule has 0 unspecified atom stereocenters. The number of benzene rings is 1. The second-order valence-corrected chi connectivity index (χ2v) is 5.42. The fraction of sp³-hybridized carbons (Fsp3) is 0.533. The van der Waals surface area contributed by atoms with Crippen molar-refractivity contribution < 1.29 is 13.6 Å². The standard InChI is InChI=1S/C15H20F2N2O/c1-10-3-2-6-19(14(10)9-18)15(20)8-11-7-12(16)4-5-13(11)17/h4-5,7,10,14H,2-3,6,8-9,18H2,1H3/t10-,14+/m1/s1. The molecule has 0 radical (unpaired) electrons. The predicted octanol–water partition coefficient (Wildman–Crippen LogP) is 2.09. The van der Waals surface area contributed by atoms with E-state index in [1.807, 2.05) is 0 Å². The summed E-state index contributed by atoms with van der Waals surface area (Å²) in [5.74, 6) is -0.919. The Balaban J connectivity index is 2.12. The predicted molar refractivity (Wildman–Crippen MR) is 73.0 cm³/mol. The third-order valence-corrected chi connectivity index (χ3v) is 4.03. The van der Waals surface area contributed by atoms with Gasteiger partial charge in [-0.3, -0.25) is 4.79 Å². The first-order chi connectivity index (χ1) is 9.52. The van der Waals surface area contributed by atoms with Crippen molar-refractivity contribution in [1.82, 2.24) is 4.90 Å². The van der Waals surface area contributed by atoms with Crippen molar-refractivity contribution in [2.24, 2.45) is 11.7 Å². The van der Waals surface area contributed by atoms with Crippen molar-refractivity contribution in [3.05, 3.63) is 35.4 Å². The molecule has 1 amide bonds. The highest BCUT2D eigenvalue weighted by Crippen LogP contribution is 2.23. The molecule has 5 heteroatoms. The summed E-state index contributed by atoms with van der Waals surface area (Å²) in [6, 6.07) is 3.18. The molecule has 0 aliphatic carbocycles. The van der Waals surface area contributed by atoms with Gasteiger partial charge in [0.2, 0.25) is 5.91 Å². The molecule has 1 heterocycles. The van der Waals surface area contributed by atoms with Gasteiger partial charge in [-0.05, 0) is 37.0 Å². The van der Waals surface area contributed by atoms with Gasteiger partial charge in [0.15, 0.2) is 0 Å². The maximum Gasteiger partial charge on any atom is 0.227 e. The molecular formula is C15H20F2N2O. The number of amides is 1. The summed E-state index contributed by atoms with van der Waals surface area (Å²) in [7, 11) is 0. The molecule has 110 valence electrons. The van der Waals surface area contributed by atoms with Crippen LogP contribution in [-0.4, -0.2) is 29.9 Å². The Morgan fingerprint density at radius 2 is 2.20 bits per heavy atom. The fourth-order valence-corrected chi connectivity index (χ4v) is 2.86. The summed E-state index contributed by atoms with van der Waals surface area (Å²) < 4.78 is 26.7. The zero-order valence-corrected chi connectivity index (χ0v) is 11.6. The van der Waals surface area contributed by atoms with Crippen LogP contribution in [-0.2, 0) is 11.2 Å². The second kappa shape index (κ2) is 6.31. The summed E-state index contributed by atoms with van der Waals surface area (Å²) in [5, 5.41) is 0. The van der Waals surface area contributed by atoms with E-state index in [2.05, 4.69) is 6.92 Å². The number of carbonyl (C=O) groups is 1. The highest BCUT2D eigenvalue weighted by atomic mass is 19.1. The van der Waals surface area contributed by atoms with E-state index in [9.17, 15) is 13.6 Å². The molecule has 2 N–H and O–H groups in total. The number of piperidine rings is 1. The summed E-state index contributed by atoms with van der Waals surface area (Å²) in [5.41, 5.74) is 5.84. The van der Waals surface area contributed by atoms with Crippen LogP contribution in [0.2, 0.25) is 0 Å². The molecular weight excluding hydrogens is 262 g/mol. The van der Waals surface area contributed by atoms with E-state index in [0.29, 0.717) is 19.0 Å². The smallest absolute Gasteiger partial charge is 0.227 e. The quantitative estimate of drug-likeness (QED) is 0.922.